The van der Waals surface area contributed by atoms with Crippen LogP contribution in [-0.2, 0) is 4.74 Å². The summed E-state index contributed by atoms with van der Waals surface area (Å²) in [6.07, 6.45) is 7.15. The summed E-state index contributed by atoms with van der Waals surface area (Å²) >= 11 is 0. The first-order valence-electron chi connectivity index (χ1n) is 8.59. The molecular formula is C18H21N5O2. The van der Waals surface area contributed by atoms with Crippen LogP contribution in [-0.4, -0.2) is 57.6 Å². The van der Waals surface area contributed by atoms with E-state index in [9.17, 15) is 4.79 Å². The number of pyridine rings is 1. The Kier molecular flexibility index (Phi) is 4.31. The van der Waals surface area contributed by atoms with Gasteiger partial charge in [-0.25, -0.2) is 9.97 Å². The number of hydrogen-bond donors (Lipinski definition) is 1. The predicted octanol–water partition coefficient (Wildman–Crippen LogP) is 1.60. The molecule has 25 heavy (non-hydrogen) atoms. The van der Waals surface area contributed by atoms with Crippen LogP contribution in [0.5, 0.6) is 0 Å². The maximum atomic E-state index is 12.4. The van der Waals surface area contributed by atoms with Crippen molar-refractivity contribution in [2.45, 2.75) is 18.4 Å². The van der Waals surface area contributed by atoms with Gasteiger partial charge in [-0.3, -0.25) is 9.78 Å². The van der Waals surface area contributed by atoms with Gasteiger partial charge in [0.25, 0.3) is 5.91 Å². The number of rotatable bonds is 4. The highest BCUT2D eigenvalue weighted by molar-refractivity contribution is 5.93. The fraction of sp³-hybridized carbons (Fsp3) is 0.444. The lowest BCUT2D eigenvalue weighted by Gasteiger charge is -2.52. The number of hydrogen-bond acceptors (Lipinski definition) is 6. The van der Waals surface area contributed by atoms with E-state index in [1.54, 1.807) is 30.7 Å². The van der Waals surface area contributed by atoms with Crippen molar-refractivity contribution in [2.75, 3.05) is 31.6 Å². The third kappa shape index (κ3) is 3.46. The summed E-state index contributed by atoms with van der Waals surface area (Å²) in [5.74, 6) is 1.08. The Bertz CT molecular complexity index is 709. The Morgan fingerprint density at radius 3 is 2.68 bits per heavy atom. The Balaban J connectivity index is 1.24. The molecule has 0 unspecified atom stereocenters. The Morgan fingerprint density at radius 2 is 2.00 bits per heavy atom. The first kappa shape index (κ1) is 16.0. The molecule has 2 fully saturated rings. The Labute approximate surface area is 146 Å². The molecule has 0 bridgehead atoms. The third-order valence-electron chi connectivity index (χ3n) is 4.88. The van der Waals surface area contributed by atoms with Crippen molar-refractivity contribution in [3.8, 4) is 0 Å². The molecular weight excluding hydrogens is 318 g/mol. The number of anilines is 1. The summed E-state index contributed by atoms with van der Waals surface area (Å²) in [6, 6.07) is 7.20. The van der Waals surface area contributed by atoms with E-state index in [0.29, 0.717) is 37.3 Å². The summed E-state index contributed by atoms with van der Waals surface area (Å²) in [4.78, 5) is 26.6. The maximum absolute atomic E-state index is 12.4. The minimum atomic E-state index is -0.163. The van der Waals surface area contributed by atoms with Crippen molar-refractivity contribution in [1.82, 2.24) is 19.9 Å². The van der Waals surface area contributed by atoms with E-state index < -0.39 is 0 Å². The van der Waals surface area contributed by atoms with Gasteiger partial charge in [-0.2, -0.15) is 0 Å². The molecule has 1 N–H and O–H groups in total. The Hall–Kier alpha value is -2.54. The molecule has 4 heterocycles. The van der Waals surface area contributed by atoms with Crippen LogP contribution in [0, 0.1) is 5.92 Å². The molecule has 4 rings (SSSR count). The highest BCUT2D eigenvalue weighted by atomic mass is 16.5. The predicted molar refractivity (Wildman–Crippen MR) is 92.1 cm³/mol. The van der Waals surface area contributed by atoms with Crippen LogP contribution in [0.4, 0.5) is 5.95 Å². The summed E-state index contributed by atoms with van der Waals surface area (Å²) in [7, 11) is 0. The second-order valence-electron chi connectivity index (χ2n) is 6.73. The van der Waals surface area contributed by atoms with E-state index in [4.69, 9.17) is 4.74 Å². The lowest BCUT2D eigenvalue weighted by atomic mass is 9.82. The topological polar surface area (TPSA) is 80.2 Å². The van der Waals surface area contributed by atoms with Crippen LogP contribution in [0.25, 0.3) is 0 Å². The van der Waals surface area contributed by atoms with Gasteiger partial charge >= 0.3 is 0 Å². The summed E-state index contributed by atoms with van der Waals surface area (Å²) in [5, 5.41) is 3.25. The van der Waals surface area contributed by atoms with Crippen molar-refractivity contribution in [2.24, 2.45) is 5.92 Å². The largest absolute Gasteiger partial charge is 0.371 e. The van der Waals surface area contributed by atoms with Gasteiger partial charge < -0.3 is 15.0 Å². The molecule has 0 aromatic carbocycles. The molecule has 1 spiro atoms. The zero-order chi connectivity index (χ0) is 17.1. The van der Waals surface area contributed by atoms with Crippen molar-refractivity contribution in [3.05, 3.63) is 48.5 Å². The van der Waals surface area contributed by atoms with Gasteiger partial charge in [0, 0.05) is 25.1 Å². The van der Waals surface area contributed by atoms with Crippen LogP contribution >= 0.6 is 0 Å². The Morgan fingerprint density at radius 1 is 1.20 bits per heavy atom. The van der Waals surface area contributed by atoms with Crippen molar-refractivity contribution >= 4 is 11.9 Å². The maximum Gasteiger partial charge on any atom is 0.272 e. The number of likely N-dealkylation sites (tertiary alicyclic amines) is 1. The van der Waals surface area contributed by atoms with Crippen LogP contribution in [0.1, 0.15) is 23.3 Å². The van der Waals surface area contributed by atoms with E-state index >= 15 is 0 Å². The van der Waals surface area contributed by atoms with Gasteiger partial charge in [0.2, 0.25) is 5.95 Å². The molecule has 0 saturated carbocycles. The third-order valence-corrected chi connectivity index (χ3v) is 4.88. The first-order chi connectivity index (χ1) is 12.2. The van der Waals surface area contributed by atoms with Crippen molar-refractivity contribution in [3.63, 3.8) is 0 Å². The van der Waals surface area contributed by atoms with Gasteiger partial charge in [0.15, 0.2) is 0 Å². The van der Waals surface area contributed by atoms with Gasteiger partial charge in [0.05, 0.1) is 19.7 Å². The van der Waals surface area contributed by atoms with Gasteiger partial charge in [-0.15, -0.1) is 0 Å². The smallest absolute Gasteiger partial charge is 0.272 e. The average Bonchev–Trinajstić information content (AvgIpc) is 2.66. The molecule has 7 nitrogen and oxygen atoms in total. The molecule has 2 aliphatic rings. The quantitative estimate of drug-likeness (QED) is 0.911. The number of amides is 1. The lowest BCUT2D eigenvalue weighted by Crippen LogP contribution is -2.66. The van der Waals surface area contributed by atoms with E-state index in [-0.39, 0.29) is 11.5 Å². The fourth-order valence-electron chi connectivity index (χ4n) is 3.40. The van der Waals surface area contributed by atoms with Gasteiger partial charge in [0.1, 0.15) is 11.3 Å². The molecule has 0 radical (unpaired) electrons. The summed E-state index contributed by atoms with van der Waals surface area (Å²) in [5.41, 5.74) is 0.336. The fourth-order valence-corrected chi connectivity index (χ4v) is 3.40. The van der Waals surface area contributed by atoms with Crippen LogP contribution in [0.15, 0.2) is 42.9 Å². The van der Waals surface area contributed by atoms with Crippen molar-refractivity contribution < 1.29 is 9.53 Å². The highest BCUT2D eigenvalue weighted by Gasteiger charge is 2.48. The number of aromatic nitrogens is 3. The molecule has 130 valence electrons. The van der Waals surface area contributed by atoms with E-state index in [1.807, 2.05) is 17.0 Å². The number of nitrogens with zero attached hydrogens (tertiary/aromatic N) is 4. The van der Waals surface area contributed by atoms with Crippen LogP contribution in [0.2, 0.25) is 0 Å². The zero-order valence-corrected chi connectivity index (χ0v) is 14.0. The minimum absolute atomic E-state index is 0.0140. The van der Waals surface area contributed by atoms with E-state index in [0.717, 1.165) is 19.4 Å². The van der Waals surface area contributed by atoms with E-state index in [2.05, 4.69) is 20.3 Å². The monoisotopic (exact) mass is 339 g/mol. The first-order valence-corrected chi connectivity index (χ1v) is 8.59. The standard InChI is InChI=1S/C18H21N5O2/c24-16(15-4-1-2-7-19-15)23-12-18(13-23)6-5-14(11-25-18)10-22-17-20-8-3-9-21-17/h1-4,7-9,14H,5-6,10-13H2,(H,20,21,22)/t14-/m0/s1. The summed E-state index contributed by atoms with van der Waals surface area (Å²) < 4.78 is 6.12. The molecule has 1 atom stereocenters. The molecule has 0 aliphatic carbocycles. The number of nitrogens with one attached hydrogen (secondary N) is 1. The van der Waals surface area contributed by atoms with Gasteiger partial charge in [-0.05, 0) is 37.0 Å². The molecule has 7 heteroatoms. The summed E-state index contributed by atoms with van der Waals surface area (Å²) in [6.45, 7) is 2.82. The number of ether oxygens (including phenoxy) is 1. The molecule has 2 aromatic rings. The van der Waals surface area contributed by atoms with Crippen LogP contribution in [0.3, 0.4) is 0 Å². The number of carbonyl (C=O) groups is 1. The van der Waals surface area contributed by atoms with Gasteiger partial charge in [-0.1, -0.05) is 6.07 Å². The second kappa shape index (κ2) is 6.76. The number of carbonyl (C=O) groups excluding carboxylic acids is 1. The second-order valence-corrected chi connectivity index (χ2v) is 6.73. The van der Waals surface area contributed by atoms with E-state index in [1.165, 1.54) is 0 Å². The molecule has 2 saturated heterocycles. The lowest BCUT2D eigenvalue weighted by molar-refractivity contribution is -0.165. The average molecular weight is 339 g/mol. The van der Waals surface area contributed by atoms with Crippen LogP contribution < -0.4 is 5.32 Å². The normalized spacial score (nSPS) is 21.6. The van der Waals surface area contributed by atoms with Crippen molar-refractivity contribution in [1.29, 1.82) is 0 Å². The SMILES string of the molecule is O=C(c1ccccn1)N1CC2(CC[C@@H](CNc3ncccn3)CO2)C1. The minimum Gasteiger partial charge on any atom is -0.371 e. The molecule has 2 aliphatic heterocycles. The highest BCUT2D eigenvalue weighted by Crippen LogP contribution is 2.36. The molecule has 2 aromatic heterocycles. The zero-order valence-electron chi connectivity index (χ0n) is 14.0. The molecule has 1 amide bonds.